The van der Waals surface area contributed by atoms with Crippen molar-refractivity contribution >= 4 is 22.8 Å². The van der Waals surface area contributed by atoms with E-state index in [1.807, 2.05) is 18.2 Å². The van der Waals surface area contributed by atoms with Crippen molar-refractivity contribution < 1.29 is 19.4 Å². The molecular weight excluding hydrogens is 284 g/mol. The molecule has 1 heterocycles. The molecule has 0 unspecified atom stereocenters. The van der Waals surface area contributed by atoms with Gasteiger partial charge in [0.15, 0.2) is 0 Å². The highest BCUT2D eigenvalue weighted by Gasteiger charge is 2.35. The van der Waals surface area contributed by atoms with Gasteiger partial charge in [0.2, 0.25) is 5.91 Å². The SMILES string of the molecule is COc1ccc2[nH]cc(CC(=O)N(C)C(C)(C)C(=O)O)c2c1. The number of carbonyl (C=O) groups is 2. The Morgan fingerprint density at radius 2 is 2.05 bits per heavy atom. The van der Waals surface area contributed by atoms with Crippen LogP contribution in [0.4, 0.5) is 0 Å². The van der Waals surface area contributed by atoms with Crippen LogP contribution >= 0.6 is 0 Å². The number of nitrogens with one attached hydrogen (secondary N) is 1. The van der Waals surface area contributed by atoms with E-state index in [2.05, 4.69) is 4.98 Å². The number of carbonyl (C=O) groups excluding carboxylic acids is 1. The van der Waals surface area contributed by atoms with Gasteiger partial charge in [-0.1, -0.05) is 0 Å². The molecule has 0 spiro atoms. The second-order valence-electron chi connectivity index (χ2n) is 5.72. The maximum Gasteiger partial charge on any atom is 0.329 e. The van der Waals surface area contributed by atoms with Crippen molar-refractivity contribution in [2.24, 2.45) is 0 Å². The number of methoxy groups -OCH3 is 1. The summed E-state index contributed by atoms with van der Waals surface area (Å²) in [7, 11) is 3.09. The number of aromatic nitrogens is 1. The molecule has 0 radical (unpaired) electrons. The van der Waals surface area contributed by atoms with Gasteiger partial charge in [-0.25, -0.2) is 4.79 Å². The molecule has 0 saturated carbocycles. The van der Waals surface area contributed by atoms with Crippen LogP contribution in [0.15, 0.2) is 24.4 Å². The number of hydrogen-bond donors (Lipinski definition) is 2. The predicted molar refractivity (Wildman–Crippen MR) is 83.0 cm³/mol. The number of aliphatic carboxylic acids is 1. The topological polar surface area (TPSA) is 82.6 Å². The van der Waals surface area contributed by atoms with Crippen molar-refractivity contribution in [1.82, 2.24) is 9.88 Å². The number of aromatic amines is 1. The minimum Gasteiger partial charge on any atom is -0.497 e. The highest BCUT2D eigenvalue weighted by molar-refractivity contribution is 5.92. The third-order valence-electron chi connectivity index (χ3n) is 4.05. The van der Waals surface area contributed by atoms with E-state index >= 15 is 0 Å². The predicted octanol–water partition coefficient (Wildman–Crippen LogP) is 2.04. The van der Waals surface area contributed by atoms with Gasteiger partial charge in [0.1, 0.15) is 11.3 Å². The van der Waals surface area contributed by atoms with Crippen molar-refractivity contribution in [3.8, 4) is 5.75 Å². The summed E-state index contributed by atoms with van der Waals surface area (Å²) in [6.45, 7) is 3.01. The lowest BCUT2D eigenvalue weighted by atomic mass is 10.0. The van der Waals surface area contributed by atoms with Gasteiger partial charge < -0.3 is 19.7 Å². The summed E-state index contributed by atoms with van der Waals surface area (Å²) in [5.41, 5.74) is 0.469. The van der Waals surface area contributed by atoms with Crippen LogP contribution in [0.2, 0.25) is 0 Å². The molecule has 6 heteroatoms. The monoisotopic (exact) mass is 304 g/mol. The summed E-state index contributed by atoms with van der Waals surface area (Å²) in [6, 6.07) is 5.58. The lowest BCUT2D eigenvalue weighted by Gasteiger charge is -2.31. The largest absolute Gasteiger partial charge is 0.497 e. The van der Waals surface area contributed by atoms with Crippen LogP contribution in [-0.2, 0) is 16.0 Å². The van der Waals surface area contributed by atoms with E-state index in [1.165, 1.54) is 25.8 Å². The number of amides is 1. The first kappa shape index (κ1) is 15.9. The first-order chi connectivity index (χ1) is 10.3. The van der Waals surface area contributed by atoms with Gasteiger partial charge >= 0.3 is 5.97 Å². The number of hydrogen-bond acceptors (Lipinski definition) is 3. The van der Waals surface area contributed by atoms with Gasteiger partial charge in [-0.05, 0) is 37.6 Å². The zero-order chi connectivity index (χ0) is 16.5. The van der Waals surface area contributed by atoms with E-state index in [4.69, 9.17) is 4.74 Å². The average molecular weight is 304 g/mol. The normalized spacial score (nSPS) is 11.5. The van der Waals surface area contributed by atoms with Crippen molar-refractivity contribution in [2.45, 2.75) is 25.8 Å². The number of carboxylic acids is 1. The average Bonchev–Trinajstić information content (AvgIpc) is 2.88. The number of nitrogens with zero attached hydrogens (tertiary/aromatic N) is 1. The molecule has 6 nitrogen and oxygen atoms in total. The molecule has 118 valence electrons. The lowest BCUT2D eigenvalue weighted by Crippen LogP contribution is -2.51. The zero-order valence-corrected chi connectivity index (χ0v) is 13.1. The number of fused-ring (bicyclic) bond motifs is 1. The minimum absolute atomic E-state index is 0.125. The quantitative estimate of drug-likeness (QED) is 0.885. The van der Waals surface area contributed by atoms with E-state index in [-0.39, 0.29) is 12.3 Å². The Morgan fingerprint density at radius 3 is 2.64 bits per heavy atom. The van der Waals surface area contributed by atoms with Gasteiger partial charge in [0.05, 0.1) is 13.5 Å². The van der Waals surface area contributed by atoms with E-state index in [0.717, 1.165) is 16.5 Å². The summed E-state index contributed by atoms with van der Waals surface area (Å²) in [5.74, 6) is -0.583. The van der Waals surface area contributed by atoms with E-state index in [0.29, 0.717) is 5.75 Å². The Hall–Kier alpha value is -2.50. The third kappa shape index (κ3) is 2.77. The van der Waals surface area contributed by atoms with Crippen molar-refractivity contribution in [3.05, 3.63) is 30.0 Å². The molecule has 0 saturated heterocycles. The number of H-pyrrole nitrogens is 1. The van der Waals surface area contributed by atoms with Crippen LogP contribution in [0.1, 0.15) is 19.4 Å². The zero-order valence-electron chi connectivity index (χ0n) is 13.1. The molecule has 2 rings (SSSR count). The number of likely N-dealkylation sites (N-methyl/N-ethyl adjacent to an activating group) is 1. The summed E-state index contributed by atoms with van der Waals surface area (Å²) in [6.07, 6.45) is 1.89. The number of rotatable bonds is 5. The summed E-state index contributed by atoms with van der Waals surface area (Å²) in [5, 5.41) is 10.1. The molecule has 2 aromatic rings. The lowest BCUT2D eigenvalue weighted by molar-refractivity contribution is -0.155. The van der Waals surface area contributed by atoms with E-state index < -0.39 is 11.5 Å². The Bertz CT molecular complexity index is 718. The first-order valence-corrected chi connectivity index (χ1v) is 6.91. The number of ether oxygens (including phenoxy) is 1. The Labute approximate surface area is 128 Å². The van der Waals surface area contributed by atoms with Gasteiger partial charge in [-0.3, -0.25) is 4.79 Å². The van der Waals surface area contributed by atoms with Gasteiger partial charge in [0, 0.05) is 24.1 Å². The summed E-state index contributed by atoms with van der Waals surface area (Å²) in [4.78, 5) is 28.0. The molecular formula is C16H20N2O4. The second-order valence-corrected chi connectivity index (χ2v) is 5.72. The molecule has 1 aromatic carbocycles. The summed E-state index contributed by atoms with van der Waals surface area (Å²) >= 11 is 0. The summed E-state index contributed by atoms with van der Waals surface area (Å²) < 4.78 is 5.20. The van der Waals surface area contributed by atoms with Crippen LogP contribution in [0, 0.1) is 0 Å². The van der Waals surface area contributed by atoms with Crippen molar-refractivity contribution in [1.29, 1.82) is 0 Å². The molecule has 0 aliphatic carbocycles. The Balaban J connectivity index is 2.27. The van der Waals surface area contributed by atoms with Gasteiger partial charge in [-0.15, -0.1) is 0 Å². The molecule has 0 aliphatic rings. The molecule has 0 bridgehead atoms. The van der Waals surface area contributed by atoms with Gasteiger partial charge in [0.25, 0.3) is 0 Å². The first-order valence-electron chi connectivity index (χ1n) is 6.91. The minimum atomic E-state index is -1.25. The van der Waals surface area contributed by atoms with E-state index in [9.17, 15) is 14.7 Å². The smallest absolute Gasteiger partial charge is 0.329 e. The fraction of sp³-hybridized carbons (Fsp3) is 0.375. The van der Waals surface area contributed by atoms with Crippen molar-refractivity contribution in [2.75, 3.05) is 14.2 Å². The third-order valence-corrected chi connectivity index (χ3v) is 4.05. The molecule has 0 atom stereocenters. The Morgan fingerprint density at radius 1 is 1.36 bits per heavy atom. The van der Waals surface area contributed by atoms with Crippen LogP contribution in [0.5, 0.6) is 5.75 Å². The fourth-order valence-corrected chi connectivity index (χ4v) is 2.17. The molecule has 1 aromatic heterocycles. The second kappa shape index (κ2) is 5.71. The molecule has 0 aliphatic heterocycles. The fourth-order valence-electron chi connectivity index (χ4n) is 2.17. The highest BCUT2D eigenvalue weighted by Crippen LogP contribution is 2.25. The molecule has 1 amide bonds. The van der Waals surface area contributed by atoms with Crippen LogP contribution in [0.25, 0.3) is 10.9 Å². The van der Waals surface area contributed by atoms with Crippen LogP contribution < -0.4 is 4.74 Å². The van der Waals surface area contributed by atoms with Gasteiger partial charge in [-0.2, -0.15) is 0 Å². The maximum absolute atomic E-state index is 12.4. The van der Waals surface area contributed by atoms with Crippen LogP contribution in [-0.4, -0.2) is 46.6 Å². The standard InChI is InChI=1S/C16H20N2O4/c1-16(2,15(20)21)18(3)14(19)7-10-9-17-13-6-5-11(22-4)8-12(10)13/h5-6,8-9,17H,7H2,1-4H3,(H,20,21). The number of carboxylic acid groups (broad SMARTS) is 1. The maximum atomic E-state index is 12.4. The van der Waals surface area contributed by atoms with Crippen LogP contribution in [0.3, 0.4) is 0 Å². The molecule has 2 N–H and O–H groups in total. The molecule has 0 fully saturated rings. The Kier molecular flexibility index (Phi) is 4.12. The molecule has 22 heavy (non-hydrogen) atoms. The highest BCUT2D eigenvalue weighted by atomic mass is 16.5. The van der Waals surface area contributed by atoms with E-state index in [1.54, 1.807) is 13.3 Å². The number of benzene rings is 1. The van der Waals surface area contributed by atoms with Crippen molar-refractivity contribution in [3.63, 3.8) is 0 Å².